The highest BCUT2D eigenvalue weighted by atomic mass is 16.1. The van der Waals surface area contributed by atoms with Gasteiger partial charge >= 0.3 is 0 Å². The summed E-state index contributed by atoms with van der Waals surface area (Å²) in [5, 5.41) is 3.18. The van der Waals surface area contributed by atoms with E-state index in [0.29, 0.717) is 6.42 Å². The Labute approximate surface area is 105 Å². The summed E-state index contributed by atoms with van der Waals surface area (Å²) >= 11 is 0. The average Bonchev–Trinajstić information content (AvgIpc) is 2.38. The van der Waals surface area contributed by atoms with E-state index in [-0.39, 0.29) is 5.91 Å². The van der Waals surface area contributed by atoms with Gasteiger partial charge in [0.1, 0.15) is 5.82 Å². The van der Waals surface area contributed by atoms with Crippen LogP contribution in [0.1, 0.15) is 19.3 Å². The number of hydrogen-bond acceptors (Lipinski definition) is 4. The second-order valence-electron chi connectivity index (χ2n) is 4.09. The first-order valence-electron chi connectivity index (χ1n) is 5.99. The quantitative estimate of drug-likeness (QED) is 0.758. The number of nitrogens with zero attached hydrogens (tertiary/aromatic N) is 2. The van der Waals surface area contributed by atoms with Crippen molar-refractivity contribution >= 4 is 22.8 Å². The normalized spacial score (nSPS) is 10.4. The number of nitrogens with one attached hydrogen (secondary N) is 1. The zero-order valence-electron chi connectivity index (χ0n) is 10.1. The van der Waals surface area contributed by atoms with Crippen LogP contribution in [0.5, 0.6) is 0 Å². The highest BCUT2D eigenvalue weighted by molar-refractivity contribution is 5.75. The number of amides is 1. The molecule has 0 atom stereocenters. The Balaban J connectivity index is 1.86. The topological polar surface area (TPSA) is 80.9 Å². The van der Waals surface area contributed by atoms with Crippen molar-refractivity contribution in [1.82, 2.24) is 9.97 Å². The predicted molar refractivity (Wildman–Crippen MR) is 71.1 cm³/mol. The van der Waals surface area contributed by atoms with Crippen LogP contribution in [0.15, 0.2) is 30.5 Å². The molecular formula is C13H16N4O. The third-order valence-electron chi connectivity index (χ3n) is 2.60. The Morgan fingerprint density at radius 1 is 1.22 bits per heavy atom. The molecule has 1 amide bonds. The van der Waals surface area contributed by atoms with Crippen molar-refractivity contribution in [2.24, 2.45) is 5.73 Å². The predicted octanol–water partition coefficient (Wildman–Crippen LogP) is 1.70. The molecule has 0 aliphatic carbocycles. The van der Waals surface area contributed by atoms with E-state index in [0.717, 1.165) is 36.2 Å². The first-order chi connectivity index (χ1) is 8.75. The molecule has 0 saturated carbocycles. The highest BCUT2D eigenvalue weighted by Gasteiger charge is 1.99. The lowest BCUT2D eigenvalue weighted by molar-refractivity contribution is -0.118. The van der Waals surface area contributed by atoms with Crippen molar-refractivity contribution in [3.05, 3.63) is 30.5 Å². The lowest BCUT2D eigenvalue weighted by Gasteiger charge is -2.05. The molecule has 1 aromatic carbocycles. The van der Waals surface area contributed by atoms with Crippen LogP contribution in [0.4, 0.5) is 5.82 Å². The molecule has 0 radical (unpaired) electrons. The van der Waals surface area contributed by atoms with Gasteiger partial charge in [0.25, 0.3) is 0 Å². The van der Waals surface area contributed by atoms with Gasteiger partial charge in [-0.3, -0.25) is 9.78 Å². The molecule has 3 N–H and O–H groups in total. The summed E-state index contributed by atoms with van der Waals surface area (Å²) in [6.45, 7) is 0.764. The van der Waals surface area contributed by atoms with Crippen LogP contribution in [0.2, 0.25) is 0 Å². The number of unbranched alkanes of at least 4 members (excludes halogenated alkanes) is 1. The van der Waals surface area contributed by atoms with Crippen molar-refractivity contribution in [3.63, 3.8) is 0 Å². The minimum absolute atomic E-state index is 0.250. The van der Waals surface area contributed by atoms with Gasteiger partial charge in [-0.25, -0.2) is 4.98 Å². The fourth-order valence-corrected chi connectivity index (χ4v) is 1.68. The average molecular weight is 244 g/mol. The zero-order chi connectivity index (χ0) is 12.8. The number of benzene rings is 1. The van der Waals surface area contributed by atoms with E-state index < -0.39 is 0 Å². The van der Waals surface area contributed by atoms with Crippen molar-refractivity contribution in [2.45, 2.75) is 19.3 Å². The summed E-state index contributed by atoms with van der Waals surface area (Å²) in [5.74, 6) is 0.508. The summed E-state index contributed by atoms with van der Waals surface area (Å²) in [6.07, 6.45) is 3.84. The van der Waals surface area contributed by atoms with Gasteiger partial charge in [0.15, 0.2) is 0 Å². The van der Waals surface area contributed by atoms with E-state index in [2.05, 4.69) is 15.3 Å². The second kappa shape index (κ2) is 5.95. The summed E-state index contributed by atoms with van der Waals surface area (Å²) in [5.41, 5.74) is 6.83. The third-order valence-corrected chi connectivity index (χ3v) is 2.60. The largest absolute Gasteiger partial charge is 0.370 e. The van der Waals surface area contributed by atoms with Crippen molar-refractivity contribution in [3.8, 4) is 0 Å². The smallest absolute Gasteiger partial charge is 0.217 e. The maximum absolute atomic E-state index is 10.6. The number of fused-ring (bicyclic) bond motifs is 1. The van der Waals surface area contributed by atoms with Crippen LogP contribution in [0.3, 0.4) is 0 Å². The monoisotopic (exact) mass is 244 g/mol. The summed E-state index contributed by atoms with van der Waals surface area (Å²) < 4.78 is 0. The minimum atomic E-state index is -0.250. The SMILES string of the molecule is NC(=O)CCCCNc1cnc2ccccc2n1. The number of carbonyl (C=O) groups excluding carboxylic acids is 1. The molecule has 2 rings (SSSR count). The molecule has 0 aliphatic heterocycles. The molecule has 5 nitrogen and oxygen atoms in total. The Bertz CT molecular complexity index is 541. The number of carbonyl (C=O) groups is 1. The molecule has 1 heterocycles. The molecule has 0 fully saturated rings. The van der Waals surface area contributed by atoms with E-state index in [1.807, 2.05) is 24.3 Å². The number of hydrogen-bond donors (Lipinski definition) is 2. The third kappa shape index (κ3) is 3.41. The number of anilines is 1. The number of aromatic nitrogens is 2. The minimum Gasteiger partial charge on any atom is -0.370 e. The molecule has 0 saturated heterocycles. The number of para-hydroxylation sites is 2. The van der Waals surface area contributed by atoms with Gasteiger partial charge in [0.2, 0.25) is 5.91 Å². The molecule has 0 aliphatic rings. The van der Waals surface area contributed by atoms with Crippen LogP contribution >= 0.6 is 0 Å². The van der Waals surface area contributed by atoms with Gasteiger partial charge in [0, 0.05) is 13.0 Å². The van der Waals surface area contributed by atoms with Crippen molar-refractivity contribution < 1.29 is 4.79 Å². The molecule has 18 heavy (non-hydrogen) atoms. The molecule has 2 aromatic rings. The lowest BCUT2D eigenvalue weighted by Crippen LogP contribution is -2.11. The summed E-state index contributed by atoms with van der Waals surface area (Å²) in [6, 6.07) is 7.74. The van der Waals surface area contributed by atoms with Crippen molar-refractivity contribution in [2.75, 3.05) is 11.9 Å². The van der Waals surface area contributed by atoms with E-state index in [1.54, 1.807) is 6.20 Å². The summed E-state index contributed by atoms with van der Waals surface area (Å²) in [7, 11) is 0. The fourth-order valence-electron chi connectivity index (χ4n) is 1.68. The Hall–Kier alpha value is -2.17. The lowest BCUT2D eigenvalue weighted by atomic mass is 10.2. The number of nitrogens with two attached hydrogens (primary N) is 1. The maximum atomic E-state index is 10.6. The zero-order valence-corrected chi connectivity index (χ0v) is 10.1. The Kier molecular flexibility index (Phi) is 4.06. The molecule has 94 valence electrons. The molecular weight excluding hydrogens is 228 g/mol. The van der Waals surface area contributed by atoms with E-state index in [1.165, 1.54) is 0 Å². The molecule has 0 bridgehead atoms. The van der Waals surface area contributed by atoms with E-state index in [4.69, 9.17) is 5.73 Å². The van der Waals surface area contributed by atoms with Gasteiger partial charge in [-0.2, -0.15) is 0 Å². The first-order valence-corrected chi connectivity index (χ1v) is 5.99. The standard InChI is InChI=1S/C13H16N4O/c14-12(18)7-3-4-8-15-13-9-16-10-5-1-2-6-11(10)17-13/h1-2,5-6,9H,3-4,7-8H2,(H2,14,18)(H,15,17). The molecule has 0 spiro atoms. The maximum Gasteiger partial charge on any atom is 0.217 e. The fraction of sp³-hybridized carbons (Fsp3) is 0.308. The molecule has 5 heteroatoms. The number of primary amides is 1. The highest BCUT2D eigenvalue weighted by Crippen LogP contribution is 2.11. The number of rotatable bonds is 6. The van der Waals surface area contributed by atoms with Crippen molar-refractivity contribution in [1.29, 1.82) is 0 Å². The van der Waals surface area contributed by atoms with Crippen LogP contribution in [0.25, 0.3) is 11.0 Å². The van der Waals surface area contributed by atoms with Gasteiger partial charge in [-0.1, -0.05) is 12.1 Å². The Morgan fingerprint density at radius 3 is 2.78 bits per heavy atom. The van der Waals surface area contributed by atoms with Crippen LogP contribution < -0.4 is 11.1 Å². The van der Waals surface area contributed by atoms with E-state index in [9.17, 15) is 4.79 Å². The Morgan fingerprint density at radius 2 is 2.00 bits per heavy atom. The molecule has 0 unspecified atom stereocenters. The second-order valence-corrected chi connectivity index (χ2v) is 4.09. The van der Waals surface area contributed by atoms with Gasteiger partial charge in [0.05, 0.1) is 17.2 Å². The first kappa shape index (κ1) is 12.3. The summed E-state index contributed by atoms with van der Waals surface area (Å²) in [4.78, 5) is 19.3. The molecule has 1 aromatic heterocycles. The van der Waals surface area contributed by atoms with Crippen LogP contribution in [-0.4, -0.2) is 22.4 Å². The van der Waals surface area contributed by atoms with E-state index >= 15 is 0 Å². The van der Waals surface area contributed by atoms with Crippen LogP contribution in [-0.2, 0) is 4.79 Å². The van der Waals surface area contributed by atoms with Gasteiger partial charge in [-0.05, 0) is 25.0 Å². The van der Waals surface area contributed by atoms with Gasteiger partial charge < -0.3 is 11.1 Å². The van der Waals surface area contributed by atoms with Crippen LogP contribution in [0, 0.1) is 0 Å². The van der Waals surface area contributed by atoms with Gasteiger partial charge in [-0.15, -0.1) is 0 Å².